The van der Waals surface area contributed by atoms with Crippen molar-refractivity contribution >= 4 is 0 Å². The van der Waals surface area contributed by atoms with E-state index in [1.54, 1.807) is 0 Å². The minimum Gasteiger partial charge on any atom is -0.310 e. The molecule has 0 saturated carbocycles. The summed E-state index contributed by atoms with van der Waals surface area (Å²) in [7, 11) is 0. The van der Waals surface area contributed by atoms with Crippen LogP contribution in [0.4, 0.5) is 8.78 Å². The fourth-order valence-electron chi connectivity index (χ4n) is 1.54. The van der Waals surface area contributed by atoms with E-state index in [0.717, 1.165) is 18.9 Å². The van der Waals surface area contributed by atoms with Gasteiger partial charge in [0.15, 0.2) is 0 Å². The molecular weight excluding hydrogens is 196 g/mol. The Balaban J connectivity index is 2.50. The number of rotatable bonds is 5. The lowest BCUT2D eigenvalue weighted by atomic mass is 10.1. The molecule has 0 heterocycles. The van der Waals surface area contributed by atoms with Crippen molar-refractivity contribution in [3.63, 3.8) is 0 Å². The monoisotopic (exact) mass is 213 g/mol. The van der Waals surface area contributed by atoms with Gasteiger partial charge in [-0.05, 0) is 31.0 Å². The van der Waals surface area contributed by atoms with Gasteiger partial charge in [0, 0.05) is 18.7 Å². The molecule has 1 N–H and O–H groups in total. The Morgan fingerprint density at radius 3 is 2.33 bits per heavy atom. The molecule has 1 atom stereocenters. The predicted molar refractivity (Wildman–Crippen MR) is 57.6 cm³/mol. The van der Waals surface area contributed by atoms with E-state index in [9.17, 15) is 8.78 Å². The van der Waals surface area contributed by atoms with Crippen molar-refractivity contribution in [3.05, 3.63) is 35.4 Å². The second-order valence-corrected chi connectivity index (χ2v) is 3.85. The average Bonchev–Trinajstić information content (AvgIpc) is 2.14. The number of benzene rings is 1. The van der Waals surface area contributed by atoms with Crippen molar-refractivity contribution in [1.82, 2.24) is 5.32 Å². The Labute approximate surface area is 89.5 Å². The van der Waals surface area contributed by atoms with E-state index < -0.39 is 11.6 Å². The Kier molecular flexibility index (Phi) is 4.69. The highest BCUT2D eigenvalue weighted by atomic mass is 19.1. The Bertz CT molecular complexity index is 292. The third-order valence-electron chi connectivity index (χ3n) is 2.30. The van der Waals surface area contributed by atoms with Crippen LogP contribution in [0.5, 0.6) is 0 Å². The molecule has 0 amide bonds. The minimum absolute atomic E-state index is 0.376. The molecular formula is C12H17F2N. The summed E-state index contributed by atoms with van der Waals surface area (Å²) in [5.41, 5.74) is 0.649. The van der Waals surface area contributed by atoms with E-state index in [2.05, 4.69) is 19.2 Å². The Morgan fingerprint density at radius 1 is 1.20 bits per heavy atom. The van der Waals surface area contributed by atoms with Crippen LogP contribution in [-0.2, 0) is 6.54 Å². The molecule has 1 aromatic rings. The zero-order valence-corrected chi connectivity index (χ0v) is 9.19. The van der Waals surface area contributed by atoms with Gasteiger partial charge in [-0.2, -0.15) is 0 Å². The quantitative estimate of drug-likeness (QED) is 0.791. The summed E-state index contributed by atoms with van der Waals surface area (Å²) in [4.78, 5) is 0. The van der Waals surface area contributed by atoms with Crippen LogP contribution >= 0.6 is 0 Å². The molecule has 1 aromatic carbocycles. The highest BCUT2D eigenvalue weighted by Gasteiger charge is 2.03. The SMILES string of the molecule is CCC[C@H](C)NCc1cc(F)cc(F)c1. The van der Waals surface area contributed by atoms with Crippen molar-refractivity contribution < 1.29 is 8.78 Å². The number of halogens is 2. The van der Waals surface area contributed by atoms with Crippen LogP contribution < -0.4 is 5.32 Å². The number of hydrogen-bond acceptors (Lipinski definition) is 1. The van der Waals surface area contributed by atoms with Gasteiger partial charge in [-0.15, -0.1) is 0 Å². The van der Waals surface area contributed by atoms with Crippen molar-refractivity contribution in [2.24, 2.45) is 0 Å². The standard InChI is InChI=1S/C12H17F2N/c1-3-4-9(2)15-8-10-5-11(13)7-12(14)6-10/h5-7,9,15H,3-4,8H2,1-2H3/t9-/m0/s1. The van der Waals surface area contributed by atoms with Gasteiger partial charge in [0.25, 0.3) is 0 Å². The first-order chi connectivity index (χ1) is 7.11. The van der Waals surface area contributed by atoms with E-state index in [1.165, 1.54) is 12.1 Å². The molecule has 0 aliphatic rings. The number of nitrogens with one attached hydrogen (secondary N) is 1. The van der Waals surface area contributed by atoms with Gasteiger partial charge in [-0.1, -0.05) is 13.3 Å². The van der Waals surface area contributed by atoms with Gasteiger partial charge < -0.3 is 5.32 Å². The van der Waals surface area contributed by atoms with Crippen LogP contribution in [0.25, 0.3) is 0 Å². The van der Waals surface area contributed by atoms with E-state index in [0.29, 0.717) is 18.2 Å². The second-order valence-electron chi connectivity index (χ2n) is 3.85. The highest BCUT2D eigenvalue weighted by Crippen LogP contribution is 2.08. The highest BCUT2D eigenvalue weighted by molar-refractivity contribution is 5.17. The summed E-state index contributed by atoms with van der Waals surface area (Å²) in [6, 6.07) is 3.98. The summed E-state index contributed by atoms with van der Waals surface area (Å²) in [6.07, 6.45) is 2.17. The smallest absolute Gasteiger partial charge is 0.126 e. The second kappa shape index (κ2) is 5.81. The third kappa shape index (κ3) is 4.38. The number of hydrogen-bond donors (Lipinski definition) is 1. The molecule has 1 nitrogen and oxygen atoms in total. The van der Waals surface area contributed by atoms with Crippen LogP contribution in [-0.4, -0.2) is 6.04 Å². The maximum Gasteiger partial charge on any atom is 0.126 e. The van der Waals surface area contributed by atoms with Crippen LogP contribution in [0.1, 0.15) is 32.3 Å². The molecule has 3 heteroatoms. The van der Waals surface area contributed by atoms with E-state index in [-0.39, 0.29) is 0 Å². The molecule has 0 aromatic heterocycles. The molecule has 0 unspecified atom stereocenters. The van der Waals surface area contributed by atoms with E-state index in [1.807, 2.05) is 0 Å². The van der Waals surface area contributed by atoms with Gasteiger partial charge in [-0.3, -0.25) is 0 Å². The topological polar surface area (TPSA) is 12.0 Å². The molecule has 15 heavy (non-hydrogen) atoms. The average molecular weight is 213 g/mol. The van der Waals surface area contributed by atoms with Crippen LogP contribution in [0.3, 0.4) is 0 Å². The molecule has 0 bridgehead atoms. The van der Waals surface area contributed by atoms with Gasteiger partial charge >= 0.3 is 0 Å². The van der Waals surface area contributed by atoms with Gasteiger partial charge in [0.2, 0.25) is 0 Å². The maximum absolute atomic E-state index is 12.8. The van der Waals surface area contributed by atoms with Gasteiger partial charge in [0.05, 0.1) is 0 Å². The van der Waals surface area contributed by atoms with Crippen molar-refractivity contribution in [3.8, 4) is 0 Å². The van der Waals surface area contributed by atoms with Crippen LogP contribution in [0, 0.1) is 11.6 Å². The third-order valence-corrected chi connectivity index (χ3v) is 2.30. The molecule has 0 spiro atoms. The molecule has 0 radical (unpaired) electrons. The first-order valence-electron chi connectivity index (χ1n) is 5.30. The maximum atomic E-state index is 12.8. The van der Waals surface area contributed by atoms with Crippen molar-refractivity contribution in [1.29, 1.82) is 0 Å². The summed E-state index contributed by atoms with van der Waals surface area (Å²) >= 11 is 0. The lowest BCUT2D eigenvalue weighted by molar-refractivity contribution is 0.504. The predicted octanol–water partition coefficient (Wildman–Crippen LogP) is 3.24. The zero-order valence-electron chi connectivity index (χ0n) is 9.19. The summed E-state index contributed by atoms with van der Waals surface area (Å²) in [6.45, 7) is 4.69. The van der Waals surface area contributed by atoms with Gasteiger partial charge in [0.1, 0.15) is 11.6 Å². The summed E-state index contributed by atoms with van der Waals surface area (Å²) in [5, 5.41) is 3.22. The fraction of sp³-hybridized carbons (Fsp3) is 0.500. The fourth-order valence-corrected chi connectivity index (χ4v) is 1.54. The normalized spacial score (nSPS) is 12.8. The lowest BCUT2D eigenvalue weighted by Gasteiger charge is -2.12. The Morgan fingerprint density at radius 2 is 1.80 bits per heavy atom. The first-order valence-corrected chi connectivity index (χ1v) is 5.30. The molecule has 1 rings (SSSR count). The van der Waals surface area contributed by atoms with Crippen LogP contribution in [0.15, 0.2) is 18.2 Å². The minimum atomic E-state index is -0.519. The van der Waals surface area contributed by atoms with Crippen molar-refractivity contribution in [2.75, 3.05) is 0 Å². The summed E-state index contributed by atoms with van der Waals surface area (Å²) < 4.78 is 25.7. The van der Waals surface area contributed by atoms with E-state index >= 15 is 0 Å². The summed E-state index contributed by atoms with van der Waals surface area (Å²) in [5.74, 6) is -1.04. The van der Waals surface area contributed by atoms with E-state index in [4.69, 9.17) is 0 Å². The largest absolute Gasteiger partial charge is 0.310 e. The molecule has 84 valence electrons. The first kappa shape index (κ1) is 12.1. The molecule has 0 aliphatic heterocycles. The molecule has 0 saturated heterocycles. The zero-order chi connectivity index (χ0) is 11.3. The lowest BCUT2D eigenvalue weighted by Crippen LogP contribution is -2.25. The molecule has 0 fully saturated rings. The van der Waals surface area contributed by atoms with Crippen LogP contribution in [0.2, 0.25) is 0 Å². The Hall–Kier alpha value is -0.960. The van der Waals surface area contributed by atoms with Gasteiger partial charge in [-0.25, -0.2) is 8.78 Å². The molecule has 0 aliphatic carbocycles. The van der Waals surface area contributed by atoms with Crippen molar-refractivity contribution in [2.45, 2.75) is 39.3 Å².